The van der Waals surface area contributed by atoms with E-state index >= 15 is 0 Å². The van der Waals surface area contributed by atoms with E-state index in [1.807, 2.05) is 60.0 Å². The Labute approximate surface area is 143 Å². The first-order valence-electron chi connectivity index (χ1n) is 7.20. The maximum atomic E-state index is 13.6. The molecule has 1 aliphatic rings. The molecule has 1 atom stereocenters. The second kappa shape index (κ2) is 6.36. The number of aromatic nitrogens is 2. The molecule has 0 amide bonds. The SMILES string of the molecule is Cc1cc(OI)ccc1-c1c(C)ncnc1N1CC[C@@H](F)C1. The quantitative estimate of drug-likeness (QED) is 0.713. The zero-order valence-electron chi connectivity index (χ0n) is 12.5. The third kappa shape index (κ3) is 2.88. The second-order valence-corrected chi connectivity index (χ2v) is 5.98. The summed E-state index contributed by atoms with van der Waals surface area (Å²) < 4.78 is 18.8. The molecule has 1 aliphatic heterocycles. The molecule has 1 aromatic carbocycles. The molecule has 2 aromatic rings. The number of benzene rings is 1. The molecule has 116 valence electrons. The predicted octanol–water partition coefficient (Wildman–Crippen LogP) is 4.04. The Hall–Kier alpha value is -1.44. The topological polar surface area (TPSA) is 38.3 Å². The Balaban J connectivity index is 2.10. The molecule has 1 aromatic heterocycles. The van der Waals surface area contributed by atoms with Gasteiger partial charge in [0.25, 0.3) is 0 Å². The van der Waals surface area contributed by atoms with Crippen molar-refractivity contribution < 1.29 is 7.46 Å². The molecular weight excluding hydrogens is 396 g/mol. The fourth-order valence-electron chi connectivity index (χ4n) is 2.89. The van der Waals surface area contributed by atoms with Crippen molar-refractivity contribution >= 4 is 28.8 Å². The Kier molecular flexibility index (Phi) is 4.46. The van der Waals surface area contributed by atoms with Gasteiger partial charge in [-0.15, -0.1) is 0 Å². The minimum atomic E-state index is -0.779. The minimum Gasteiger partial charge on any atom is -0.428 e. The first-order chi connectivity index (χ1) is 10.6. The highest BCUT2D eigenvalue weighted by Gasteiger charge is 2.26. The van der Waals surface area contributed by atoms with Gasteiger partial charge in [0.15, 0.2) is 23.0 Å². The van der Waals surface area contributed by atoms with Crippen LogP contribution in [0.25, 0.3) is 11.1 Å². The number of rotatable bonds is 3. The van der Waals surface area contributed by atoms with Crippen molar-refractivity contribution in [2.24, 2.45) is 0 Å². The standard InChI is InChI=1S/C16H17FIN3O/c1-10-7-13(22-18)3-4-14(10)15-11(2)19-9-20-16(15)21-6-5-12(17)8-21/h3-4,7,9,12H,5-6,8H2,1-2H3/t12-/m1/s1. The zero-order valence-corrected chi connectivity index (χ0v) is 14.7. The summed E-state index contributed by atoms with van der Waals surface area (Å²) in [5, 5.41) is 0. The number of aryl methyl sites for hydroxylation is 2. The van der Waals surface area contributed by atoms with Gasteiger partial charge in [0, 0.05) is 12.1 Å². The van der Waals surface area contributed by atoms with Crippen LogP contribution in [0.5, 0.6) is 5.75 Å². The predicted molar refractivity (Wildman–Crippen MR) is 93.3 cm³/mol. The molecule has 0 spiro atoms. The van der Waals surface area contributed by atoms with Gasteiger partial charge in [-0.1, -0.05) is 6.07 Å². The summed E-state index contributed by atoms with van der Waals surface area (Å²) in [6.45, 7) is 5.09. The molecule has 22 heavy (non-hydrogen) atoms. The van der Waals surface area contributed by atoms with Gasteiger partial charge in [0.2, 0.25) is 0 Å². The van der Waals surface area contributed by atoms with Gasteiger partial charge in [-0.05, 0) is 43.5 Å². The lowest BCUT2D eigenvalue weighted by molar-refractivity contribution is 0.364. The normalized spacial score (nSPS) is 17.8. The Bertz CT molecular complexity index is 695. The van der Waals surface area contributed by atoms with Gasteiger partial charge in [-0.2, -0.15) is 0 Å². The van der Waals surface area contributed by atoms with Gasteiger partial charge in [-0.25, -0.2) is 14.4 Å². The molecule has 2 heterocycles. The monoisotopic (exact) mass is 413 g/mol. The van der Waals surface area contributed by atoms with Gasteiger partial charge >= 0.3 is 0 Å². The van der Waals surface area contributed by atoms with E-state index < -0.39 is 6.17 Å². The Morgan fingerprint density at radius 1 is 1.32 bits per heavy atom. The first-order valence-corrected chi connectivity index (χ1v) is 8.08. The van der Waals surface area contributed by atoms with E-state index in [1.165, 1.54) is 0 Å². The van der Waals surface area contributed by atoms with E-state index in [-0.39, 0.29) is 0 Å². The number of hydrogen-bond acceptors (Lipinski definition) is 4. The molecule has 0 radical (unpaired) electrons. The number of nitrogens with zero attached hydrogens (tertiary/aromatic N) is 3. The van der Waals surface area contributed by atoms with Crippen LogP contribution in [0.15, 0.2) is 24.5 Å². The molecule has 1 fully saturated rings. The van der Waals surface area contributed by atoms with E-state index in [2.05, 4.69) is 9.97 Å². The largest absolute Gasteiger partial charge is 0.428 e. The van der Waals surface area contributed by atoms with Crippen LogP contribution in [0.3, 0.4) is 0 Å². The van der Waals surface area contributed by atoms with Crippen LogP contribution >= 0.6 is 23.0 Å². The number of alkyl halides is 1. The van der Waals surface area contributed by atoms with Crippen LogP contribution in [0.4, 0.5) is 10.2 Å². The lowest BCUT2D eigenvalue weighted by Gasteiger charge is -2.21. The first kappa shape index (κ1) is 15.5. The van der Waals surface area contributed by atoms with Crippen LogP contribution in [-0.2, 0) is 0 Å². The smallest absolute Gasteiger partial charge is 0.192 e. The Morgan fingerprint density at radius 2 is 2.14 bits per heavy atom. The third-order valence-corrected chi connectivity index (χ3v) is 4.51. The van der Waals surface area contributed by atoms with E-state index in [1.54, 1.807) is 6.33 Å². The van der Waals surface area contributed by atoms with Crippen molar-refractivity contribution in [3.05, 3.63) is 35.8 Å². The minimum absolute atomic E-state index is 0.400. The molecule has 0 saturated carbocycles. The summed E-state index contributed by atoms with van der Waals surface area (Å²) in [6.07, 6.45) is 1.33. The summed E-state index contributed by atoms with van der Waals surface area (Å²) in [7, 11) is 0. The van der Waals surface area contributed by atoms with Crippen molar-refractivity contribution in [1.82, 2.24) is 9.97 Å². The lowest BCUT2D eigenvalue weighted by Crippen LogP contribution is -2.22. The summed E-state index contributed by atoms with van der Waals surface area (Å²) in [5.74, 6) is 1.63. The highest BCUT2D eigenvalue weighted by Crippen LogP contribution is 2.36. The molecular formula is C16H17FIN3O. The molecule has 0 N–H and O–H groups in total. The molecule has 0 bridgehead atoms. The average Bonchev–Trinajstić information content (AvgIpc) is 2.94. The second-order valence-electron chi connectivity index (χ2n) is 5.54. The van der Waals surface area contributed by atoms with Gasteiger partial charge in [0.1, 0.15) is 24.1 Å². The van der Waals surface area contributed by atoms with E-state index in [4.69, 9.17) is 3.07 Å². The summed E-state index contributed by atoms with van der Waals surface area (Å²) in [4.78, 5) is 10.8. The number of anilines is 1. The number of halogens is 2. The van der Waals surface area contributed by atoms with Crippen molar-refractivity contribution in [3.63, 3.8) is 0 Å². The van der Waals surface area contributed by atoms with Crippen molar-refractivity contribution in [2.75, 3.05) is 18.0 Å². The summed E-state index contributed by atoms with van der Waals surface area (Å²) >= 11 is 1.87. The maximum Gasteiger partial charge on any atom is 0.192 e. The van der Waals surface area contributed by atoms with Gasteiger partial charge < -0.3 is 7.97 Å². The fraction of sp³-hybridized carbons (Fsp3) is 0.375. The van der Waals surface area contributed by atoms with E-state index in [0.29, 0.717) is 19.5 Å². The van der Waals surface area contributed by atoms with Crippen LogP contribution in [0.2, 0.25) is 0 Å². The molecule has 4 nitrogen and oxygen atoms in total. The molecule has 3 rings (SSSR count). The van der Waals surface area contributed by atoms with Crippen molar-refractivity contribution in [3.8, 4) is 16.9 Å². The van der Waals surface area contributed by atoms with E-state index in [9.17, 15) is 4.39 Å². The van der Waals surface area contributed by atoms with Gasteiger partial charge in [-0.3, -0.25) is 0 Å². The molecule has 1 saturated heterocycles. The zero-order chi connectivity index (χ0) is 15.7. The highest BCUT2D eigenvalue weighted by molar-refractivity contribution is 14.1. The summed E-state index contributed by atoms with van der Waals surface area (Å²) in [6, 6.07) is 5.92. The van der Waals surface area contributed by atoms with Crippen molar-refractivity contribution in [2.45, 2.75) is 26.4 Å². The fourth-order valence-corrected chi connectivity index (χ4v) is 3.16. The van der Waals surface area contributed by atoms with Crippen molar-refractivity contribution in [1.29, 1.82) is 0 Å². The van der Waals surface area contributed by atoms with Crippen LogP contribution < -0.4 is 7.97 Å². The van der Waals surface area contributed by atoms with Gasteiger partial charge in [0.05, 0.1) is 12.2 Å². The summed E-state index contributed by atoms with van der Waals surface area (Å²) in [5.41, 5.74) is 4.03. The number of hydrogen-bond donors (Lipinski definition) is 0. The van der Waals surface area contributed by atoms with Crippen LogP contribution in [0, 0.1) is 13.8 Å². The molecule has 0 aliphatic carbocycles. The molecule has 0 unspecified atom stereocenters. The Morgan fingerprint density at radius 3 is 2.77 bits per heavy atom. The van der Waals surface area contributed by atoms with Crippen LogP contribution in [0.1, 0.15) is 17.7 Å². The third-order valence-electron chi connectivity index (χ3n) is 4.00. The highest BCUT2D eigenvalue weighted by atomic mass is 127. The van der Waals surface area contributed by atoms with E-state index in [0.717, 1.165) is 34.0 Å². The maximum absolute atomic E-state index is 13.6. The van der Waals surface area contributed by atoms with Crippen LogP contribution in [-0.4, -0.2) is 29.2 Å². The lowest BCUT2D eigenvalue weighted by atomic mass is 9.99. The average molecular weight is 413 g/mol. The molecule has 6 heteroatoms.